The van der Waals surface area contributed by atoms with E-state index in [0.29, 0.717) is 6.04 Å². The van der Waals surface area contributed by atoms with Gasteiger partial charge in [0.25, 0.3) is 0 Å². The maximum atomic E-state index is 4.50. The highest BCUT2D eigenvalue weighted by molar-refractivity contribution is 7.26. The van der Waals surface area contributed by atoms with Crippen molar-refractivity contribution in [2.24, 2.45) is 15.4 Å². The van der Waals surface area contributed by atoms with Gasteiger partial charge in [0, 0.05) is 21.6 Å². The fourth-order valence-electron chi connectivity index (χ4n) is 0.537. The zero-order valence-electron chi connectivity index (χ0n) is 11.1. The van der Waals surface area contributed by atoms with E-state index in [1.807, 2.05) is 6.66 Å². The topological polar surface area (TPSA) is 24.7 Å². The van der Waals surface area contributed by atoms with Crippen molar-refractivity contribution in [3.05, 3.63) is 0 Å². The Morgan fingerprint density at radius 3 is 2.00 bits per heavy atom. The molecule has 0 aromatic rings. The highest BCUT2D eigenvalue weighted by Crippen LogP contribution is 2.13. The van der Waals surface area contributed by atoms with Gasteiger partial charge in [0.1, 0.15) is 0 Å². The molecule has 15 heavy (non-hydrogen) atoms. The molecule has 0 fully saturated rings. The van der Waals surface area contributed by atoms with Crippen LogP contribution in [-0.4, -0.2) is 25.9 Å². The Hall–Kier alpha value is 0.200. The molecule has 0 aliphatic heterocycles. The molecular formula is C11H26N2P2. The van der Waals surface area contributed by atoms with Gasteiger partial charge in [0.05, 0.1) is 6.04 Å². The van der Waals surface area contributed by atoms with Crippen LogP contribution >= 0.6 is 16.7 Å². The molecule has 0 bridgehead atoms. The van der Waals surface area contributed by atoms with E-state index in [2.05, 4.69) is 37.2 Å². The van der Waals surface area contributed by atoms with Gasteiger partial charge in [-0.15, -0.1) is 0 Å². The maximum Gasteiger partial charge on any atom is 0.0512 e. The third-order valence-electron chi connectivity index (χ3n) is 2.16. The molecule has 2 unspecified atom stereocenters. The summed E-state index contributed by atoms with van der Waals surface area (Å²) in [5, 5.41) is 0. The lowest BCUT2D eigenvalue weighted by atomic mass is 10.2. The lowest BCUT2D eigenvalue weighted by Crippen LogP contribution is -1.94. The predicted molar refractivity (Wildman–Crippen MR) is 74.6 cm³/mol. The summed E-state index contributed by atoms with van der Waals surface area (Å²) in [7, 11) is 4.20. The van der Waals surface area contributed by atoms with Crippen molar-refractivity contribution in [3.63, 3.8) is 0 Å². The first-order valence-corrected chi connectivity index (χ1v) is 7.99. The molecular weight excluding hydrogens is 222 g/mol. The Labute approximate surface area is 99.0 Å². The van der Waals surface area contributed by atoms with Gasteiger partial charge in [-0.05, 0) is 34.3 Å². The molecule has 2 nitrogen and oxygen atoms in total. The van der Waals surface area contributed by atoms with Gasteiger partial charge in [-0.1, -0.05) is 27.2 Å². The summed E-state index contributed by atoms with van der Waals surface area (Å²) >= 11 is 0. The lowest BCUT2D eigenvalue weighted by Gasteiger charge is -2.03. The molecule has 0 aromatic carbocycles. The molecule has 0 saturated heterocycles. The highest BCUT2D eigenvalue weighted by atomic mass is 31.1. The van der Waals surface area contributed by atoms with Crippen LogP contribution in [0.2, 0.25) is 0 Å². The zero-order valence-corrected chi connectivity index (χ0v) is 12.9. The third-order valence-corrected chi connectivity index (χ3v) is 3.90. The number of rotatable bonds is 5. The Balaban J connectivity index is 0. The van der Waals surface area contributed by atoms with Crippen molar-refractivity contribution >= 4 is 16.7 Å². The highest BCUT2D eigenvalue weighted by Gasteiger charge is 1.96. The van der Waals surface area contributed by atoms with E-state index in [-0.39, 0.29) is 0 Å². The maximum absolute atomic E-state index is 4.50. The fraction of sp³-hybridized carbons (Fsp3) is 1.00. The van der Waals surface area contributed by atoms with E-state index >= 15 is 0 Å². The molecule has 90 valence electrons. The molecule has 0 aromatic heterocycles. The number of hydrogen-bond donors (Lipinski definition) is 0. The quantitative estimate of drug-likeness (QED) is 0.587. The van der Waals surface area contributed by atoms with Crippen LogP contribution in [0, 0.1) is 5.92 Å². The first-order valence-electron chi connectivity index (χ1n) is 5.66. The number of nitrogens with zero attached hydrogens (tertiary/aromatic N) is 2. The average molecular weight is 248 g/mol. The molecule has 4 heteroatoms. The predicted octanol–water partition coefficient (Wildman–Crippen LogP) is 5.34. The Morgan fingerprint density at radius 2 is 1.67 bits per heavy atom. The van der Waals surface area contributed by atoms with Crippen LogP contribution in [0.15, 0.2) is 9.49 Å². The van der Waals surface area contributed by atoms with Crippen molar-refractivity contribution in [2.45, 2.75) is 46.6 Å². The van der Waals surface area contributed by atoms with Crippen molar-refractivity contribution < 1.29 is 0 Å². The van der Waals surface area contributed by atoms with Gasteiger partial charge in [-0.25, -0.2) is 0 Å². The smallest absolute Gasteiger partial charge is 0.0512 e. The summed E-state index contributed by atoms with van der Waals surface area (Å²) in [6.45, 7) is 10.9. The number of hydrogen-bond acceptors (Lipinski definition) is 2. The molecule has 0 aliphatic carbocycles. The third kappa shape index (κ3) is 16.8. The van der Waals surface area contributed by atoms with Crippen molar-refractivity contribution in [2.75, 3.05) is 19.9 Å². The molecule has 0 radical (unpaired) electrons. The van der Waals surface area contributed by atoms with E-state index in [1.165, 1.54) is 27.4 Å². The summed E-state index contributed by atoms with van der Waals surface area (Å²) in [5.41, 5.74) is 0. The molecule has 0 heterocycles. The van der Waals surface area contributed by atoms with Crippen LogP contribution in [0.1, 0.15) is 40.5 Å². The first-order chi connectivity index (χ1) is 7.12. The van der Waals surface area contributed by atoms with E-state index in [4.69, 9.17) is 0 Å². The molecule has 0 spiro atoms. The van der Waals surface area contributed by atoms with Crippen molar-refractivity contribution in [1.29, 1.82) is 0 Å². The van der Waals surface area contributed by atoms with E-state index in [0.717, 1.165) is 14.3 Å². The minimum Gasteiger partial charge on any atom is -0.272 e. The summed E-state index contributed by atoms with van der Waals surface area (Å²) < 4.78 is 8.21. The molecule has 2 atom stereocenters. The minimum atomic E-state index is 0.556. The van der Waals surface area contributed by atoms with Gasteiger partial charge in [-0.2, -0.15) is 0 Å². The van der Waals surface area contributed by atoms with Crippen LogP contribution in [-0.2, 0) is 0 Å². The van der Waals surface area contributed by atoms with Crippen LogP contribution < -0.4 is 0 Å². The van der Waals surface area contributed by atoms with E-state index in [9.17, 15) is 0 Å². The average Bonchev–Trinajstić information content (AvgIpc) is 2.28. The van der Waals surface area contributed by atoms with Gasteiger partial charge >= 0.3 is 0 Å². The van der Waals surface area contributed by atoms with Gasteiger partial charge < -0.3 is 0 Å². The lowest BCUT2D eigenvalue weighted by molar-refractivity contribution is 0.634. The van der Waals surface area contributed by atoms with E-state index in [1.54, 1.807) is 7.05 Å². The van der Waals surface area contributed by atoms with Crippen molar-refractivity contribution in [3.8, 4) is 0 Å². The van der Waals surface area contributed by atoms with Crippen LogP contribution in [0.25, 0.3) is 0 Å². The molecule has 0 amide bonds. The van der Waals surface area contributed by atoms with Gasteiger partial charge in [0.15, 0.2) is 0 Å². The summed E-state index contributed by atoms with van der Waals surface area (Å²) in [5.74, 6) is 0.837. The summed E-state index contributed by atoms with van der Waals surface area (Å²) in [6.07, 6.45) is 3.69. The van der Waals surface area contributed by atoms with Crippen LogP contribution in [0.5, 0.6) is 0 Å². The Morgan fingerprint density at radius 1 is 1.13 bits per heavy atom. The Kier molecular flexibility index (Phi) is 16.7. The largest absolute Gasteiger partial charge is 0.272 e. The van der Waals surface area contributed by atoms with E-state index < -0.39 is 0 Å². The molecule has 0 aliphatic rings. The minimum absolute atomic E-state index is 0.556. The second-order valence-corrected chi connectivity index (χ2v) is 5.29. The second kappa shape index (κ2) is 14.2. The standard InChI is InChI=1S/C9H20NP.C2H6NP/c1-5-8(3)7-11-10-9(4)6-2;1-3-4-2/h8-9H,5-7H2,1-4H3;1-2H3. The summed E-state index contributed by atoms with van der Waals surface area (Å²) in [6, 6.07) is 0.556. The fourth-order valence-corrected chi connectivity index (χ4v) is 1.61. The van der Waals surface area contributed by atoms with Crippen LogP contribution in [0.3, 0.4) is 0 Å². The second-order valence-electron chi connectivity index (χ2n) is 3.61. The zero-order chi connectivity index (χ0) is 12.1. The first kappa shape index (κ1) is 17.6. The normalized spacial score (nSPS) is 15.1. The van der Waals surface area contributed by atoms with Gasteiger partial charge in [0.2, 0.25) is 0 Å². The molecule has 0 N–H and O–H groups in total. The monoisotopic (exact) mass is 248 g/mol. The molecule has 0 rings (SSSR count). The van der Waals surface area contributed by atoms with Crippen LogP contribution in [0.4, 0.5) is 0 Å². The Bertz CT molecular complexity index is 166. The molecule has 0 saturated carbocycles. The summed E-state index contributed by atoms with van der Waals surface area (Å²) in [4.78, 5) is 0. The SMILES string of the molecule is CCC(C)CP=NC(C)CC.CN=PC. The van der Waals surface area contributed by atoms with Gasteiger partial charge in [-0.3, -0.25) is 9.49 Å². The van der Waals surface area contributed by atoms with Crippen molar-refractivity contribution in [1.82, 2.24) is 0 Å².